The Morgan fingerprint density at radius 2 is 2.00 bits per heavy atom. The number of anilines is 1. The van der Waals surface area contributed by atoms with Crippen molar-refractivity contribution in [3.8, 4) is 17.0 Å². The molecular formula is C21H17ClN4O2. The first-order valence-electron chi connectivity index (χ1n) is 8.65. The van der Waals surface area contributed by atoms with Gasteiger partial charge in [-0.3, -0.25) is 9.20 Å². The number of carbonyl (C=O) groups excluding carboxylic acids is 1. The molecule has 0 spiro atoms. The van der Waals surface area contributed by atoms with E-state index >= 15 is 0 Å². The average Bonchev–Trinajstić information content (AvgIpc) is 3.13. The lowest BCUT2D eigenvalue weighted by atomic mass is 10.1. The monoisotopic (exact) mass is 392 g/mol. The van der Waals surface area contributed by atoms with Crippen LogP contribution in [0.1, 0.15) is 5.56 Å². The largest absolute Gasteiger partial charge is 0.494 e. The molecule has 0 aliphatic rings. The first-order chi connectivity index (χ1) is 13.6. The maximum atomic E-state index is 12.4. The maximum Gasteiger partial charge on any atom is 0.234 e. The number of ether oxygens (including phenoxy) is 1. The van der Waals surface area contributed by atoms with E-state index in [4.69, 9.17) is 16.3 Å². The van der Waals surface area contributed by atoms with Gasteiger partial charge in [-0.05, 0) is 17.7 Å². The normalized spacial score (nSPS) is 10.8. The van der Waals surface area contributed by atoms with Crippen LogP contribution in [0.3, 0.4) is 0 Å². The fourth-order valence-corrected chi connectivity index (χ4v) is 3.03. The van der Waals surface area contributed by atoms with Crippen LogP contribution in [0.5, 0.6) is 5.75 Å². The third kappa shape index (κ3) is 3.82. The van der Waals surface area contributed by atoms with Crippen molar-refractivity contribution in [2.75, 3.05) is 12.4 Å². The van der Waals surface area contributed by atoms with Gasteiger partial charge in [0.05, 0.1) is 42.3 Å². The topological polar surface area (TPSA) is 68.5 Å². The van der Waals surface area contributed by atoms with Gasteiger partial charge in [-0.2, -0.15) is 0 Å². The third-order valence-electron chi connectivity index (χ3n) is 4.27. The number of amides is 1. The Morgan fingerprint density at radius 3 is 2.79 bits per heavy atom. The van der Waals surface area contributed by atoms with Crippen LogP contribution in [0.4, 0.5) is 5.69 Å². The van der Waals surface area contributed by atoms with Crippen molar-refractivity contribution in [1.29, 1.82) is 0 Å². The SMILES string of the molecule is COc1cnc2nc(-c3ccc(Cl)c(NC(=O)Cc4ccccc4)c3)cn2c1. The van der Waals surface area contributed by atoms with Crippen molar-refractivity contribution in [3.05, 3.63) is 77.7 Å². The molecular weight excluding hydrogens is 376 g/mol. The number of rotatable bonds is 5. The summed E-state index contributed by atoms with van der Waals surface area (Å²) in [5, 5.41) is 3.35. The van der Waals surface area contributed by atoms with Gasteiger partial charge < -0.3 is 10.1 Å². The molecule has 6 nitrogen and oxygen atoms in total. The summed E-state index contributed by atoms with van der Waals surface area (Å²) in [5.41, 5.74) is 3.02. The van der Waals surface area contributed by atoms with Gasteiger partial charge in [-0.15, -0.1) is 0 Å². The molecule has 2 aromatic heterocycles. The quantitative estimate of drug-likeness (QED) is 0.551. The van der Waals surface area contributed by atoms with Crippen molar-refractivity contribution in [3.63, 3.8) is 0 Å². The average molecular weight is 393 g/mol. The van der Waals surface area contributed by atoms with E-state index in [0.717, 1.165) is 16.8 Å². The predicted octanol–water partition coefficient (Wildman–Crippen LogP) is 4.24. The summed E-state index contributed by atoms with van der Waals surface area (Å²) in [6.07, 6.45) is 5.55. The summed E-state index contributed by atoms with van der Waals surface area (Å²) in [6, 6.07) is 15.0. The minimum Gasteiger partial charge on any atom is -0.494 e. The van der Waals surface area contributed by atoms with Crippen LogP contribution in [-0.2, 0) is 11.2 Å². The summed E-state index contributed by atoms with van der Waals surface area (Å²) in [4.78, 5) is 21.2. The van der Waals surface area contributed by atoms with Gasteiger partial charge in [0, 0.05) is 11.8 Å². The molecule has 4 rings (SSSR count). The molecule has 7 heteroatoms. The molecule has 4 aromatic rings. The van der Waals surface area contributed by atoms with Crippen molar-refractivity contribution < 1.29 is 9.53 Å². The minimum atomic E-state index is -0.133. The highest BCUT2D eigenvalue weighted by atomic mass is 35.5. The molecule has 2 heterocycles. The molecule has 0 saturated carbocycles. The standard InChI is InChI=1S/C21H17ClN4O2/c1-28-16-11-23-21-25-19(13-26(21)12-16)15-7-8-17(22)18(10-15)24-20(27)9-14-5-3-2-4-6-14/h2-8,10-13H,9H2,1H3,(H,24,27). The van der Waals surface area contributed by atoms with E-state index < -0.39 is 0 Å². The van der Waals surface area contributed by atoms with Gasteiger partial charge in [0.25, 0.3) is 0 Å². The molecule has 0 bridgehead atoms. The Bertz CT molecular complexity index is 1140. The summed E-state index contributed by atoms with van der Waals surface area (Å²) in [5.74, 6) is 1.06. The van der Waals surface area contributed by atoms with Gasteiger partial charge in [0.15, 0.2) is 5.75 Å². The van der Waals surface area contributed by atoms with Crippen molar-refractivity contribution in [2.45, 2.75) is 6.42 Å². The number of nitrogens with zero attached hydrogens (tertiary/aromatic N) is 3. The smallest absolute Gasteiger partial charge is 0.234 e. The number of methoxy groups -OCH3 is 1. The van der Waals surface area contributed by atoms with Crippen molar-refractivity contribution >= 4 is 29.0 Å². The molecule has 0 atom stereocenters. The second kappa shape index (κ2) is 7.70. The molecule has 0 saturated heterocycles. The predicted molar refractivity (Wildman–Crippen MR) is 109 cm³/mol. The number of nitrogens with one attached hydrogen (secondary N) is 1. The van der Waals surface area contributed by atoms with E-state index in [2.05, 4.69) is 15.3 Å². The summed E-state index contributed by atoms with van der Waals surface area (Å²) >= 11 is 6.28. The second-order valence-electron chi connectivity index (χ2n) is 6.23. The molecule has 0 unspecified atom stereocenters. The van der Waals surface area contributed by atoms with Crippen molar-refractivity contribution in [2.24, 2.45) is 0 Å². The van der Waals surface area contributed by atoms with Crippen molar-refractivity contribution in [1.82, 2.24) is 14.4 Å². The molecule has 2 aromatic carbocycles. The number of imidazole rings is 1. The van der Waals surface area contributed by atoms with Crippen LogP contribution in [0, 0.1) is 0 Å². The maximum absolute atomic E-state index is 12.4. The Hall–Kier alpha value is -3.38. The number of halogens is 1. The summed E-state index contributed by atoms with van der Waals surface area (Å²) in [7, 11) is 1.59. The minimum absolute atomic E-state index is 0.133. The van der Waals surface area contributed by atoms with Gasteiger partial charge in [-0.1, -0.05) is 48.0 Å². The molecule has 0 fully saturated rings. The fourth-order valence-electron chi connectivity index (χ4n) is 2.87. The number of fused-ring (bicyclic) bond motifs is 1. The molecule has 0 radical (unpaired) electrons. The van der Waals surface area contributed by atoms with Crippen LogP contribution in [0.2, 0.25) is 5.02 Å². The molecule has 28 heavy (non-hydrogen) atoms. The third-order valence-corrected chi connectivity index (χ3v) is 4.60. The van der Waals surface area contributed by atoms with E-state index in [1.807, 2.05) is 48.7 Å². The number of hydrogen-bond acceptors (Lipinski definition) is 4. The Labute approximate surface area is 166 Å². The number of benzene rings is 2. The van der Waals surface area contributed by atoms with Crippen LogP contribution < -0.4 is 10.1 Å². The fraction of sp³-hybridized carbons (Fsp3) is 0.0952. The lowest BCUT2D eigenvalue weighted by molar-refractivity contribution is -0.115. The summed E-state index contributed by atoms with van der Waals surface area (Å²) < 4.78 is 6.98. The number of carbonyl (C=O) groups is 1. The van der Waals surface area contributed by atoms with Crippen LogP contribution in [-0.4, -0.2) is 27.4 Å². The highest BCUT2D eigenvalue weighted by molar-refractivity contribution is 6.33. The van der Waals surface area contributed by atoms with E-state index in [9.17, 15) is 4.79 Å². The van der Waals surface area contributed by atoms with E-state index in [-0.39, 0.29) is 12.3 Å². The van der Waals surface area contributed by atoms with Crippen LogP contribution in [0.25, 0.3) is 17.0 Å². The van der Waals surface area contributed by atoms with Gasteiger partial charge in [0.1, 0.15) is 0 Å². The highest BCUT2D eigenvalue weighted by Crippen LogP contribution is 2.29. The first kappa shape index (κ1) is 18.0. The van der Waals surface area contributed by atoms with Gasteiger partial charge >= 0.3 is 0 Å². The van der Waals surface area contributed by atoms with Crippen LogP contribution in [0.15, 0.2) is 67.1 Å². The highest BCUT2D eigenvalue weighted by Gasteiger charge is 2.11. The van der Waals surface area contributed by atoms with Gasteiger partial charge in [0.2, 0.25) is 11.7 Å². The second-order valence-corrected chi connectivity index (χ2v) is 6.64. The Kier molecular flexibility index (Phi) is 4.95. The van der Waals surface area contributed by atoms with Gasteiger partial charge in [-0.25, -0.2) is 9.97 Å². The molecule has 140 valence electrons. The zero-order valence-corrected chi connectivity index (χ0v) is 15.8. The lowest BCUT2D eigenvalue weighted by Crippen LogP contribution is -2.14. The number of hydrogen-bond donors (Lipinski definition) is 1. The Morgan fingerprint density at radius 1 is 1.18 bits per heavy atom. The first-order valence-corrected chi connectivity index (χ1v) is 9.02. The molecule has 0 aliphatic carbocycles. The molecule has 1 N–H and O–H groups in total. The summed E-state index contributed by atoms with van der Waals surface area (Å²) in [6.45, 7) is 0. The zero-order valence-electron chi connectivity index (χ0n) is 15.1. The Balaban J connectivity index is 1.59. The molecule has 0 aliphatic heterocycles. The van der Waals surface area contributed by atoms with E-state index in [1.54, 1.807) is 30.0 Å². The van der Waals surface area contributed by atoms with Crippen LogP contribution >= 0.6 is 11.6 Å². The lowest BCUT2D eigenvalue weighted by Gasteiger charge is -2.09. The molecule has 1 amide bonds. The zero-order chi connectivity index (χ0) is 19.5. The number of aromatic nitrogens is 3. The van der Waals surface area contributed by atoms with E-state index in [0.29, 0.717) is 22.2 Å². The van der Waals surface area contributed by atoms with E-state index in [1.165, 1.54) is 0 Å².